The van der Waals surface area contributed by atoms with E-state index in [0.717, 1.165) is 16.7 Å². The summed E-state index contributed by atoms with van der Waals surface area (Å²) in [5.74, 6) is -0.517. The number of benzene rings is 3. The van der Waals surface area contributed by atoms with Crippen LogP contribution >= 0.6 is 34.7 Å². The van der Waals surface area contributed by atoms with Gasteiger partial charge in [0.25, 0.3) is 11.8 Å². The van der Waals surface area contributed by atoms with Gasteiger partial charge in [-0.3, -0.25) is 19.3 Å². The van der Waals surface area contributed by atoms with E-state index < -0.39 is 16.9 Å². The topological polar surface area (TPSA) is 96.6 Å². The van der Waals surface area contributed by atoms with Gasteiger partial charge in [0.2, 0.25) is 10.9 Å². The van der Waals surface area contributed by atoms with E-state index in [1.807, 2.05) is 63.2 Å². The van der Waals surface area contributed by atoms with Crippen molar-refractivity contribution in [3.63, 3.8) is 0 Å². The number of nitrogens with zero attached hydrogens (tertiary/aromatic N) is 4. The summed E-state index contributed by atoms with van der Waals surface area (Å²) in [5.41, 5.74) is 2.23. The predicted molar refractivity (Wildman–Crippen MR) is 170 cm³/mol. The number of hydrogen-bond donors (Lipinski definition) is 0. The molecule has 1 atom stereocenters. The van der Waals surface area contributed by atoms with Crippen LogP contribution in [0.2, 0.25) is 5.02 Å². The van der Waals surface area contributed by atoms with Gasteiger partial charge in [-0.05, 0) is 67.3 Å². The summed E-state index contributed by atoms with van der Waals surface area (Å²) in [5, 5.41) is 9.96. The standard InChI is InChI=1S/C32H25ClN4O4S2/c1-4-13-36-23-8-6-5-7-22(23)32(29(36)40)25-26(38)21-14-17(2)18(3)15-24(21)41-27(25)28(39)37(32)30-34-35-31(43-30)42-16-19-9-11-20(33)12-10-19/h5-12,14-15H,4,13,16H2,1-3H3. The molecule has 0 saturated carbocycles. The van der Waals surface area contributed by atoms with Crippen molar-refractivity contribution in [2.75, 3.05) is 16.3 Å². The second-order valence-electron chi connectivity index (χ2n) is 10.7. The van der Waals surface area contributed by atoms with Gasteiger partial charge in [0.15, 0.2) is 15.3 Å². The maximum absolute atomic E-state index is 14.7. The van der Waals surface area contributed by atoms with Gasteiger partial charge in [0, 0.05) is 22.9 Å². The summed E-state index contributed by atoms with van der Waals surface area (Å²) in [6.45, 7) is 6.23. The third kappa shape index (κ3) is 4.07. The van der Waals surface area contributed by atoms with E-state index in [1.165, 1.54) is 28.0 Å². The molecule has 43 heavy (non-hydrogen) atoms. The molecule has 0 aliphatic carbocycles. The average molecular weight is 629 g/mol. The van der Waals surface area contributed by atoms with E-state index in [9.17, 15) is 14.4 Å². The molecule has 0 saturated heterocycles. The lowest BCUT2D eigenvalue weighted by Gasteiger charge is -2.32. The minimum Gasteiger partial charge on any atom is -0.450 e. The number of carbonyl (C=O) groups is 2. The van der Waals surface area contributed by atoms with Crippen LogP contribution in [-0.2, 0) is 16.1 Å². The summed E-state index contributed by atoms with van der Waals surface area (Å²) in [4.78, 5) is 46.5. The molecule has 0 radical (unpaired) electrons. The van der Waals surface area contributed by atoms with Crippen molar-refractivity contribution in [2.45, 2.75) is 42.8 Å². The van der Waals surface area contributed by atoms with Crippen molar-refractivity contribution in [3.05, 3.63) is 109 Å². The summed E-state index contributed by atoms with van der Waals surface area (Å²) >= 11 is 8.69. The number of amides is 2. The number of halogens is 1. The molecule has 0 bridgehead atoms. The Morgan fingerprint density at radius 3 is 2.51 bits per heavy atom. The smallest absolute Gasteiger partial charge is 0.297 e. The lowest BCUT2D eigenvalue weighted by Crippen LogP contribution is -2.53. The van der Waals surface area contributed by atoms with Crippen LogP contribution in [0.15, 0.2) is 74.2 Å². The van der Waals surface area contributed by atoms with Crippen molar-refractivity contribution in [2.24, 2.45) is 0 Å². The minimum absolute atomic E-state index is 0.0230. The number of aromatic nitrogens is 2. The Morgan fingerprint density at radius 1 is 1.00 bits per heavy atom. The van der Waals surface area contributed by atoms with Gasteiger partial charge >= 0.3 is 0 Å². The minimum atomic E-state index is -1.77. The Morgan fingerprint density at radius 2 is 1.74 bits per heavy atom. The van der Waals surface area contributed by atoms with E-state index in [0.29, 0.717) is 50.3 Å². The zero-order valence-electron chi connectivity index (χ0n) is 23.5. The van der Waals surface area contributed by atoms with Crippen LogP contribution < -0.4 is 15.2 Å². The van der Waals surface area contributed by atoms with Gasteiger partial charge in [0.1, 0.15) is 5.58 Å². The van der Waals surface area contributed by atoms with Crippen molar-refractivity contribution in [3.8, 4) is 0 Å². The molecule has 5 aromatic rings. The average Bonchev–Trinajstić information content (AvgIpc) is 3.63. The first-order valence-electron chi connectivity index (χ1n) is 13.8. The summed E-state index contributed by atoms with van der Waals surface area (Å²) < 4.78 is 6.85. The summed E-state index contributed by atoms with van der Waals surface area (Å²) in [7, 11) is 0. The molecule has 0 fully saturated rings. The normalized spacial score (nSPS) is 17.4. The van der Waals surface area contributed by atoms with Crippen molar-refractivity contribution in [1.29, 1.82) is 0 Å². The largest absolute Gasteiger partial charge is 0.450 e. The van der Waals surface area contributed by atoms with E-state index in [2.05, 4.69) is 10.2 Å². The fourth-order valence-electron chi connectivity index (χ4n) is 5.94. The van der Waals surface area contributed by atoms with Crippen LogP contribution in [0.1, 0.15) is 51.7 Å². The first kappa shape index (κ1) is 27.8. The lowest BCUT2D eigenvalue weighted by atomic mass is 9.84. The zero-order chi connectivity index (χ0) is 30.0. The number of para-hydroxylation sites is 1. The van der Waals surface area contributed by atoms with Crippen LogP contribution in [0.5, 0.6) is 0 Å². The molecule has 2 aliphatic heterocycles. The van der Waals surface area contributed by atoms with E-state index >= 15 is 0 Å². The van der Waals surface area contributed by atoms with E-state index in [1.54, 1.807) is 23.1 Å². The monoisotopic (exact) mass is 628 g/mol. The molecule has 3 aromatic carbocycles. The maximum atomic E-state index is 14.7. The number of rotatable bonds is 6. The molecule has 216 valence electrons. The third-order valence-electron chi connectivity index (χ3n) is 8.05. The van der Waals surface area contributed by atoms with Gasteiger partial charge in [-0.15, -0.1) is 10.2 Å². The Bertz CT molecular complexity index is 2020. The molecular formula is C32H25ClN4O4S2. The third-order valence-corrected chi connectivity index (χ3v) is 10.4. The fraction of sp³-hybridized carbons (Fsp3) is 0.219. The van der Waals surface area contributed by atoms with Gasteiger partial charge in [-0.2, -0.15) is 0 Å². The van der Waals surface area contributed by atoms with Crippen LogP contribution in [-0.4, -0.2) is 28.6 Å². The Hall–Kier alpha value is -3.99. The molecule has 1 spiro atoms. The van der Waals surface area contributed by atoms with Crippen LogP contribution in [0.25, 0.3) is 11.0 Å². The Labute approximate surface area is 260 Å². The van der Waals surface area contributed by atoms with Crippen molar-refractivity contribution < 1.29 is 14.0 Å². The molecule has 2 aliphatic rings. The van der Waals surface area contributed by atoms with Crippen molar-refractivity contribution >= 4 is 68.3 Å². The summed E-state index contributed by atoms with van der Waals surface area (Å²) in [6, 6.07) is 18.4. The van der Waals surface area contributed by atoms with Crippen molar-refractivity contribution in [1.82, 2.24) is 10.2 Å². The number of carbonyl (C=O) groups excluding carboxylic acids is 2. The van der Waals surface area contributed by atoms with Crippen LogP contribution in [0.4, 0.5) is 10.8 Å². The Balaban J connectivity index is 1.44. The lowest BCUT2D eigenvalue weighted by molar-refractivity contribution is -0.121. The van der Waals surface area contributed by atoms with Crippen LogP contribution in [0, 0.1) is 13.8 Å². The molecule has 11 heteroatoms. The van der Waals surface area contributed by atoms with Crippen LogP contribution in [0.3, 0.4) is 0 Å². The molecule has 1 unspecified atom stereocenters. The van der Waals surface area contributed by atoms with Gasteiger partial charge < -0.3 is 9.32 Å². The SMILES string of the molecule is CCCN1C(=O)C2(c3ccccc31)c1c(oc3cc(C)c(C)cc3c1=O)C(=O)N2c1nnc(SCc2ccc(Cl)cc2)s1. The zero-order valence-corrected chi connectivity index (χ0v) is 25.9. The highest BCUT2D eigenvalue weighted by Gasteiger charge is 2.66. The van der Waals surface area contributed by atoms with Gasteiger partial charge in [0.05, 0.1) is 16.6 Å². The fourth-order valence-corrected chi connectivity index (χ4v) is 7.91. The highest BCUT2D eigenvalue weighted by atomic mass is 35.5. The second kappa shape index (κ2) is 10.3. The number of thioether (sulfide) groups is 1. The van der Waals surface area contributed by atoms with Gasteiger partial charge in [-0.25, -0.2) is 0 Å². The predicted octanol–water partition coefficient (Wildman–Crippen LogP) is 6.87. The molecule has 7 rings (SSSR count). The van der Waals surface area contributed by atoms with E-state index in [-0.39, 0.29) is 22.4 Å². The number of fused-ring (bicyclic) bond motifs is 5. The van der Waals surface area contributed by atoms with E-state index in [4.69, 9.17) is 16.0 Å². The second-order valence-corrected chi connectivity index (χ2v) is 13.3. The number of hydrogen-bond acceptors (Lipinski definition) is 8. The first-order valence-corrected chi connectivity index (χ1v) is 16.0. The summed E-state index contributed by atoms with van der Waals surface area (Å²) in [6.07, 6.45) is 0.687. The molecule has 2 aromatic heterocycles. The highest BCUT2D eigenvalue weighted by Crippen LogP contribution is 2.54. The highest BCUT2D eigenvalue weighted by molar-refractivity contribution is 8.00. The molecule has 0 N–H and O–H groups in total. The first-order chi connectivity index (χ1) is 20.7. The molecule has 4 heterocycles. The molecular weight excluding hydrogens is 604 g/mol. The quantitative estimate of drug-likeness (QED) is 0.150. The number of anilines is 2. The van der Waals surface area contributed by atoms with Gasteiger partial charge in [-0.1, -0.05) is 72.0 Å². The Kier molecular flexibility index (Phi) is 6.68. The molecule has 2 amide bonds. The number of aryl methyl sites for hydroxylation is 2. The maximum Gasteiger partial charge on any atom is 0.297 e. The molecule has 8 nitrogen and oxygen atoms in total.